The van der Waals surface area contributed by atoms with E-state index in [1.807, 2.05) is 0 Å². The van der Waals surface area contributed by atoms with E-state index in [2.05, 4.69) is 4.98 Å². The summed E-state index contributed by atoms with van der Waals surface area (Å²) in [6.07, 6.45) is -0.771. The van der Waals surface area contributed by atoms with E-state index < -0.39 is 11.7 Å². The predicted molar refractivity (Wildman–Crippen MR) is 56.6 cm³/mol. The normalized spacial score (nSPS) is 15.5. The van der Waals surface area contributed by atoms with Gasteiger partial charge in [0.15, 0.2) is 5.65 Å². The molecule has 0 aromatic carbocycles. The molecule has 90 valence electrons. The third-order valence-corrected chi connectivity index (χ3v) is 3.08. The van der Waals surface area contributed by atoms with Crippen LogP contribution in [0.4, 0.5) is 18.9 Å². The number of halogens is 3. The van der Waals surface area contributed by atoms with Crippen molar-refractivity contribution in [1.29, 1.82) is 0 Å². The van der Waals surface area contributed by atoms with Crippen LogP contribution >= 0.6 is 0 Å². The molecule has 17 heavy (non-hydrogen) atoms. The number of rotatable bonds is 0. The van der Waals surface area contributed by atoms with Crippen molar-refractivity contribution in [2.45, 2.75) is 25.4 Å². The summed E-state index contributed by atoms with van der Waals surface area (Å²) in [6.45, 7) is 0. The largest absolute Gasteiger partial charge is 0.417 e. The number of pyridine rings is 1. The van der Waals surface area contributed by atoms with E-state index in [0.29, 0.717) is 5.65 Å². The van der Waals surface area contributed by atoms with Gasteiger partial charge in [-0.15, -0.1) is 0 Å². The second-order valence-corrected chi connectivity index (χ2v) is 4.23. The number of nitrogen functional groups attached to an aromatic ring is 1. The zero-order valence-electron chi connectivity index (χ0n) is 8.88. The van der Waals surface area contributed by atoms with Crippen molar-refractivity contribution < 1.29 is 13.2 Å². The molecule has 3 nitrogen and oxygen atoms in total. The number of nitrogens with zero attached hydrogens (tertiary/aromatic N) is 2. The van der Waals surface area contributed by atoms with Gasteiger partial charge in [-0.3, -0.25) is 0 Å². The fourth-order valence-corrected chi connectivity index (χ4v) is 2.31. The Morgan fingerprint density at radius 3 is 2.76 bits per heavy atom. The molecular formula is C11H10F3N3. The van der Waals surface area contributed by atoms with Crippen molar-refractivity contribution in [2.24, 2.45) is 0 Å². The molecule has 2 heterocycles. The quantitative estimate of drug-likeness (QED) is 0.769. The summed E-state index contributed by atoms with van der Waals surface area (Å²) in [6, 6.07) is 0.942. The van der Waals surface area contributed by atoms with Crippen LogP contribution in [0.25, 0.3) is 5.65 Å². The predicted octanol–water partition coefficient (Wildman–Crippen LogP) is 2.42. The number of alkyl halides is 3. The first-order valence-corrected chi connectivity index (χ1v) is 5.33. The van der Waals surface area contributed by atoms with Crippen LogP contribution in [-0.4, -0.2) is 9.38 Å². The molecular weight excluding hydrogens is 231 g/mol. The fourth-order valence-electron chi connectivity index (χ4n) is 2.31. The van der Waals surface area contributed by atoms with Crippen molar-refractivity contribution in [1.82, 2.24) is 9.38 Å². The van der Waals surface area contributed by atoms with Gasteiger partial charge in [-0.1, -0.05) is 0 Å². The van der Waals surface area contributed by atoms with Crippen molar-refractivity contribution >= 4 is 11.3 Å². The monoisotopic (exact) mass is 241 g/mol. The molecule has 6 heteroatoms. The lowest BCUT2D eigenvalue weighted by Gasteiger charge is -2.09. The fraction of sp³-hybridized carbons (Fsp3) is 0.364. The average molecular weight is 241 g/mol. The molecule has 0 radical (unpaired) electrons. The lowest BCUT2D eigenvalue weighted by molar-refractivity contribution is -0.137. The van der Waals surface area contributed by atoms with Gasteiger partial charge in [0, 0.05) is 11.9 Å². The van der Waals surface area contributed by atoms with Crippen LogP contribution in [0.5, 0.6) is 0 Å². The average Bonchev–Trinajstić information content (AvgIpc) is 2.76. The maximum atomic E-state index is 12.7. The number of hydrogen-bond acceptors (Lipinski definition) is 2. The first-order valence-electron chi connectivity index (χ1n) is 5.33. The Kier molecular flexibility index (Phi) is 1.93. The summed E-state index contributed by atoms with van der Waals surface area (Å²) < 4.78 is 39.5. The molecule has 0 atom stereocenters. The zero-order chi connectivity index (χ0) is 12.2. The van der Waals surface area contributed by atoms with E-state index >= 15 is 0 Å². The molecule has 3 rings (SSSR count). The Morgan fingerprint density at radius 1 is 1.29 bits per heavy atom. The van der Waals surface area contributed by atoms with Crippen LogP contribution in [0.2, 0.25) is 0 Å². The van der Waals surface area contributed by atoms with Crippen molar-refractivity contribution in [3.63, 3.8) is 0 Å². The highest BCUT2D eigenvalue weighted by atomic mass is 19.4. The van der Waals surface area contributed by atoms with Gasteiger partial charge in [-0.25, -0.2) is 4.98 Å². The van der Waals surface area contributed by atoms with Crippen LogP contribution in [0, 0.1) is 0 Å². The van der Waals surface area contributed by atoms with Gasteiger partial charge >= 0.3 is 6.18 Å². The van der Waals surface area contributed by atoms with Gasteiger partial charge in [-0.2, -0.15) is 13.2 Å². The van der Waals surface area contributed by atoms with E-state index in [-0.39, 0.29) is 5.69 Å². The first-order chi connectivity index (χ1) is 7.97. The summed E-state index contributed by atoms with van der Waals surface area (Å²) in [5, 5.41) is 0. The second-order valence-electron chi connectivity index (χ2n) is 4.23. The number of hydrogen-bond donors (Lipinski definition) is 1. The number of fused-ring (bicyclic) bond motifs is 3. The highest BCUT2D eigenvalue weighted by Gasteiger charge is 2.32. The molecule has 0 fully saturated rings. The Bertz CT molecular complexity index is 598. The van der Waals surface area contributed by atoms with Gasteiger partial charge in [0.25, 0.3) is 0 Å². The van der Waals surface area contributed by atoms with E-state index in [1.54, 1.807) is 0 Å². The van der Waals surface area contributed by atoms with Crippen LogP contribution in [0.15, 0.2) is 12.3 Å². The van der Waals surface area contributed by atoms with Crippen molar-refractivity contribution in [3.05, 3.63) is 29.2 Å². The molecule has 0 bridgehead atoms. The van der Waals surface area contributed by atoms with E-state index in [4.69, 9.17) is 5.73 Å². The van der Waals surface area contributed by atoms with Crippen molar-refractivity contribution in [3.8, 4) is 0 Å². The van der Waals surface area contributed by atoms with Gasteiger partial charge in [-0.05, 0) is 25.3 Å². The smallest absolute Gasteiger partial charge is 0.396 e. The molecule has 0 spiro atoms. The minimum absolute atomic E-state index is 0.0780. The number of nitrogens with two attached hydrogens (primary N) is 1. The summed E-state index contributed by atoms with van der Waals surface area (Å²) in [5.41, 5.74) is 7.15. The molecule has 0 unspecified atom stereocenters. The Hall–Kier alpha value is -1.72. The first kappa shape index (κ1) is 10.4. The zero-order valence-corrected chi connectivity index (χ0v) is 8.88. The second kappa shape index (κ2) is 3.15. The van der Waals surface area contributed by atoms with Crippen LogP contribution < -0.4 is 5.73 Å². The maximum Gasteiger partial charge on any atom is 0.417 e. The van der Waals surface area contributed by atoms with Gasteiger partial charge in [0.1, 0.15) is 0 Å². The summed E-state index contributed by atoms with van der Waals surface area (Å²) in [7, 11) is 0. The number of aromatic nitrogens is 2. The molecule has 1 aliphatic rings. The third-order valence-electron chi connectivity index (χ3n) is 3.08. The van der Waals surface area contributed by atoms with Crippen LogP contribution in [0.3, 0.4) is 0 Å². The Morgan fingerprint density at radius 2 is 2.06 bits per heavy atom. The van der Waals surface area contributed by atoms with Crippen molar-refractivity contribution in [2.75, 3.05) is 5.73 Å². The molecule has 1 aliphatic carbocycles. The number of aryl methyl sites for hydroxylation is 2. The Balaban J connectivity index is 2.31. The lowest BCUT2D eigenvalue weighted by atomic mass is 10.2. The molecule has 2 aromatic rings. The minimum atomic E-state index is -4.38. The molecule has 0 amide bonds. The highest BCUT2D eigenvalue weighted by molar-refractivity contribution is 5.67. The third kappa shape index (κ3) is 1.47. The maximum absolute atomic E-state index is 12.7. The minimum Gasteiger partial charge on any atom is -0.396 e. The standard InChI is InChI=1S/C11H10F3N3/c12-11(13,14)6-4-7(15)10-16-8-2-1-3-9(8)17(10)5-6/h4-5H,1-3,15H2. The van der Waals surface area contributed by atoms with Gasteiger partial charge in [0.05, 0.1) is 16.9 Å². The topological polar surface area (TPSA) is 43.3 Å². The summed E-state index contributed by atoms with van der Waals surface area (Å²) >= 11 is 0. The van der Waals surface area contributed by atoms with Crippen LogP contribution in [0.1, 0.15) is 23.4 Å². The van der Waals surface area contributed by atoms with E-state index in [1.165, 1.54) is 4.40 Å². The number of imidazole rings is 1. The Labute approximate surface area is 95.1 Å². The SMILES string of the molecule is Nc1cc(C(F)(F)F)cn2c3c(nc12)CCC3. The molecule has 0 aliphatic heterocycles. The summed E-state index contributed by atoms with van der Waals surface area (Å²) in [5.74, 6) is 0. The highest BCUT2D eigenvalue weighted by Crippen LogP contribution is 2.33. The lowest BCUT2D eigenvalue weighted by Crippen LogP contribution is -2.08. The molecule has 2 aromatic heterocycles. The molecule has 2 N–H and O–H groups in total. The molecule has 0 saturated carbocycles. The number of anilines is 1. The van der Waals surface area contributed by atoms with Crippen LogP contribution in [-0.2, 0) is 19.0 Å². The summed E-state index contributed by atoms with van der Waals surface area (Å²) in [4.78, 5) is 4.29. The van der Waals surface area contributed by atoms with E-state index in [0.717, 1.165) is 42.9 Å². The molecule has 0 saturated heterocycles. The van der Waals surface area contributed by atoms with Gasteiger partial charge < -0.3 is 10.1 Å². The van der Waals surface area contributed by atoms with E-state index in [9.17, 15) is 13.2 Å². The van der Waals surface area contributed by atoms with Gasteiger partial charge in [0.2, 0.25) is 0 Å².